The Morgan fingerprint density at radius 2 is 1.89 bits per heavy atom. The molecule has 1 heterocycles. The fraction of sp³-hybridized carbons (Fsp3) is 0.357. The number of rotatable bonds is 2. The number of amides is 2. The van der Waals surface area contributed by atoms with Gasteiger partial charge in [-0.2, -0.15) is 0 Å². The largest absolute Gasteiger partial charge is 0.481 e. The number of carboxylic acids is 1. The quantitative estimate of drug-likeness (QED) is 0.818. The van der Waals surface area contributed by atoms with E-state index >= 15 is 0 Å². The van der Waals surface area contributed by atoms with Gasteiger partial charge in [-0.1, -0.05) is 17.7 Å². The Balaban J connectivity index is 2.19. The number of hydrogen-bond acceptors (Lipinski definition) is 3. The van der Waals surface area contributed by atoms with Crippen molar-refractivity contribution in [1.82, 2.24) is 4.90 Å². The van der Waals surface area contributed by atoms with E-state index in [1.54, 1.807) is 24.3 Å². The first-order valence-electron chi connectivity index (χ1n) is 6.13. The van der Waals surface area contributed by atoms with Crippen LogP contribution in [0.4, 0.5) is 0 Å². The lowest BCUT2D eigenvalue weighted by Crippen LogP contribution is -2.45. The number of aryl methyl sites for hydroxylation is 1. The van der Waals surface area contributed by atoms with Crippen molar-refractivity contribution >= 4 is 17.8 Å². The minimum absolute atomic E-state index is 0.0408. The van der Waals surface area contributed by atoms with Crippen molar-refractivity contribution in [3.63, 3.8) is 0 Å². The Bertz CT molecular complexity index is 521. The molecule has 5 nitrogen and oxygen atoms in total. The molecule has 0 radical (unpaired) electrons. The highest BCUT2D eigenvalue weighted by Gasteiger charge is 2.33. The Kier molecular flexibility index (Phi) is 3.64. The Hall–Kier alpha value is -2.17. The molecule has 0 aliphatic carbocycles. The molecule has 1 unspecified atom stereocenters. The molecule has 0 bridgehead atoms. The molecular weight excluding hydrogens is 246 g/mol. The summed E-state index contributed by atoms with van der Waals surface area (Å²) in [6.45, 7) is 1.86. The van der Waals surface area contributed by atoms with Crippen LogP contribution in [0.2, 0.25) is 0 Å². The molecule has 19 heavy (non-hydrogen) atoms. The summed E-state index contributed by atoms with van der Waals surface area (Å²) in [5.74, 6) is -2.35. The Labute approximate surface area is 110 Å². The van der Waals surface area contributed by atoms with Gasteiger partial charge >= 0.3 is 5.97 Å². The average Bonchev–Trinajstić information content (AvgIpc) is 2.39. The molecule has 1 saturated heterocycles. The molecular formula is C14H15NO4. The second-order valence-corrected chi connectivity index (χ2v) is 4.75. The van der Waals surface area contributed by atoms with Crippen LogP contribution in [0.3, 0.4) is 0 Å². The molecule has 1 aliphatic rings. The van der Waals surface area contributed by atoms with Gasteiger partial charge in [-0.3, -0.25) is 19.3 Å². The smallest absolute Gasteiger partial charge is 0.308 e. The summed E-state index contributed by atoms with van der Waals surface area (Å²) in [6.07, 6.45) is 0.403. The lowest BCUT2D eigenvalue weighted by atomic mass is 9.97. The van der Waals surface area contributed by atoms with Crippen LogP contribution in [-0.2, 0) is 9.59 Å². The van der Waals surface area contributed by atoms with Crippen LogP contribution in [0, 0.1) is 12.8 Å². The second kappa shape index (κ2) is 5.22. The number of aliphatic carboxylic acids is 1. The van der Waals surface area contributed by atoms with E-state index in [0.717, 1.165) is 10.5 Å². The number of carbonyl (C=O) groups excluding carboxylic acids is 2. The number of likely N-dealkylation sites (tertiary alicyclic amines) is 1. The van der Waals surface area contributed by atoms with Gasteiger partial charge in [0, 0.05) is 18.5 Å². The first-order valence-corrected chi connectivity index (χ1v) is 6.13. The van der Waals surface area contributed by atoms with Gasteiger partial charge in [0.1, 0.15) is 0 Å². The van der Waals surface area contributed by atoms with Crippen LogP contribution in [0.5, 0.6) is 0 Å². The summed E-state index contributed by atoms with van der Waals surface area (Å²) in [7, 11) is 0. The van der Waals surface area contributed by atoms with Gasteiger partial charge in [0.15, 0.2) is 0 Å². The minimum atomic E-state index is -0.964. The summed E-state index contributed by atoms with van der Waals surface area (Å²) in [5, 5.41) is 8.98. The number of hydrogen-bond donors (Lipinski definition) is 1. The molecule has 0 saturated carbocycles. The van der Waals surface area contributed by atoms with Crippen LogP contribution < -0.4 is 0 Å². The fourth-order valence-electron chi connectivity index (χ4n) is 2.10. The van der Waals surface area contributed by atoms with E-state index in [4.69, 9.17) is 5.11 Å². The molecule has 1 aliphatic heterocycles. The average molecular weight is 261 g/mol. The highest BCUT2D eigenvalue weighted by atomic mass is 16.4. The second-order valence-electron chi connectivity index (χ2n) is 4.75. The van der Waals surface area contributed by atoms with Crippen molar-refractivity contribution in [2.24, 2.45) is 5.92 Å². The monoisotopic (exact) mass is 261 g/mol. The maximum absolute atomic E-state index is 12.2. The van der Waals surface area contributed by atoms with E-state index < -0.39 is 17.8 Å². The van der Waals surface area contributed by atoms with Gasteiger partial charge in [-0.15, -0.1) is 0 Å². The number of carboxylic acid groups (broad SMARTS) is 1. The standard InChI is InChI=1S/C14H15NO4/c1-9-2-4-10(5-3-9)13(17)15-8-11(14(18)19)6-7-12(15)16/h2-5,11H,6-8H2,1H3,(H,18,19). The van der Waals surface area contributed by atoms with Crippen molar-refractivity contribution in [3.05, 3.63) is 35.4 Å². The number of nitrogens with zero attached hydrogens (tertiary/aromatic N) is 1. The van der Waals surface area contributed by atoms with E-state index in [2.05, 4.69) is 0 Å². The highest BCUT2D eigenvalue weighted by molar-refractivity contribution is 6.05. The maximum Gasteiger partial charge on any atom is 0.308 e. The maximum atomic E-state index is 12.2. The van der Waals surface area contributed by atoms with E-state index in [-0.39, 0.29) is 18.9 Å². The summed E-state index contributed by atoms with van der Waals surface area (Å²) < 4.78 is 0. The molecule has 1 fully saturated rings. The molecule has 2 amide bonds. The molecule has 5 heteroatoms. The highest BCUT2D eigenvalue weighted by Crippen LogP contribution is 2.20. The lowest BCUT2D eigenvalue weighted by molar-refractivity contribution is -0.145. The van der Waals surface area contributed by atoms with Gasteiger partial charge in [-0.05, 0) is 25.5 Å². The van der Waals surface area contributed by atoms with E-state index in [0.29, 0.717) is 12.0 Å². The van der Waals surface area contributed by atoms with Gasteiger partial charge in [-0.25, -0.2) is 0 Å². The predicted octanol–water partition coefficient (Wildman–Crippen LogP) is 1.46. The van der Waals surface area contributed by atoms with E-state index in [1.807, 2.05) is 6.92 Å². The summed E-state index contributed by atoms with van der Waals surface area (Å²) in [6, 6.07) is 6.87. The molecule has 1 aromatic carbocycles. The summed E-state index contributed by atoms with van der Waals surface area (Å²) >= 11 is 0. The van der Waals surface area contributed by atoms with Gasteiger partial charge in [0.25, 0.3) is 5.91 Å². The Morgan fingerprint density at radius 3 is 2.47 bits per heavy atom. The lowest BCUT2D eigenvalue weighted by Gasteiger charge is -2.29. The number of imide groups is 1. The molecule has 0 aromatic heterocycles. The fourth-order valence-corrected chi connectivity index (χ4v) is 2.10. The number of benzene rings is 1. The Morgan fingerprint density at radius 1 is 1.26 bits per heavy atom. The molecule has 1 aromatic rings. The molecule has 1 N–H and O–H groups in total. The van der Waals surface area contributed by atoms with Crippen LogP contribution in [0.25, 0.3) is 0 Å². The zero-order valence-electron chi connectivity index (χ0n) is 10.6. The zero-order valence-corrected chi connectivity index (χ0v) is 10.6. The van der Waals surface area contributed by atoms with Crippen molar-refractivity contribution in [2.75, 3.05) is 6.54 Å². The van der Waals surface area contributed by atoms with Gasteiger partial charge in [0.2, 0.25) is 5.91 Å². The molecule has 0 spiro atoms. The first kappa shape index (κ1) is 13.3. The first-order chi connectivity index (χ1) is 8.99. The van der Waals surface area contributed by atoms with Crippen molar-refractivity contribution in [1.29, 1.82) is 0 Å². The normalized spacial score (nSPS) is 19.3. The van der Waals surface area contributed by atoms with Crippen molar-refractivity contribution in [2.45, 2.75) is 19.8 Å². The van der Waals surface area contributed by atoms with Crippen molar-refractivity contribution < 1.29 is 19.5 Å². The molecule has 1 atom stereocenters. The SMILES string of the molecule is Cc1ccc(C(=O)N2CC(C(=O)O)CCC2=O)cc1. The predicted molar refractivity (Wildman–Crippen MR) is 67.6 cm³/mol. The number of piperidine rings is 1. The third kappa shape index (κ3) is 2.81. The van der Waals surface area contributed by atoms with Gasteiger partial charge in [0.05, 0.1) is 5.92 Å². The third-order valence-electron chi connectivity index (χ3n) is 3.30. The van der Waals surface area contributed by atoms with Crippen LogP contribution in [0.15, 0.2) is 24.3 Å². The van der Waals surface area contributed by atoms with E-state index in [1.165, 1.54) is 0 Å². The summed E-state index contributed by atoms with van der Waals surface area (Å²) in [4.78, 5) is 36.0. The number of carbonyl (C=O) groups is 3. The molecule has 100 valence electrons. The summed E-state index contributed by atoms with van der Waals surface area (Å²) in [5.41, 5.74) is 1.43. The van der Waals surface area contributed by atoms with Crippen LogP contribution in [-0.4, -0.2) is 34.3 Å². The minimum Gasteiger partial charge on any atom is -0.481 e. The van der Waals surface area contributed by atoms with Crippen LogP contribution >= 0.6 is 0 Å². The van der Waals surface area contributed by atoms with Crippen LogP contribution in [0.1, 0.15) is 28.8 Å². The third-order valence-corrected chi connectivity index (χ3v) is 3.30. The van der Waals surface area contributed by atoms with E-state index in [9.17, 15) is 14.4 Å². The van der Waals surface area contributed by atoms with Gasteiger partial charge < -0.3 is 5.11 Å². The van der Waals surface area contributed by atoms with Crippen molar-refractivity contribution in [3.8, 4) is 0 Å². The molecule has 2 rings (SSSR count). The zero-order chi connectivity index (χ0) is 14.0. The topological polar surface area (TPSA) is 74.7 Å².